The molecule has 2 atom stereocenters. The Morgan fingerprint density at radius 3 is 3.21 bits per heavy atom. The summed E-state index contributed by atoms with van der Waals surface area (Å²) in [6.45, 7) is 1.34. The fourth-order valence-electron chi connectivity index (χ4n) is 1.89. The van der Waals surface area contributed by atoms with Crippen LogP contribution in [-0.4, -0.2) is 29.3 Å². The molecular formula is C9H12N2O3. The Kier molecular flexibility index (Phi) is 2.49. The second-order valence-corrected chi connectivity index (χ2v) is 3.47. The van der Waals surface area contributed by atoms with Crippen LogP contribution < -0.4 is 5.32 Å². The van der Waals surface area contributed by atoms with Crippen molar-refractivity contribution in [1.29, 1.82) is 0 Å². The maximum atomic E-state index is 11.0. The maximum absolute atomic E-state index is 11.0. The van der Waals surface area contributed by atoms with Crippen molar-refractivity contribution in [3.8, 4) is 0 Å². The van der Waals surface area contributed by atoms with Crippen LogP contribution in [0.2, 0.25) is 0 Å². The molecule has 1 aliphatic rings. The number of aromatic nitrogens is 1. The average Bonchev–Trinajstić information content (AvgIpc) is 2.70. The molecule has 1 saturated heterocycles. The number of nitrogens with one attached hydrogen (secondary N) is 1. The second kappa shape index (κ2) is 3.79. The number of carboxylic acid groups (broad SMARTS) is 1. The van der Waals surface area contributed by atoms with E-state index in [2.05, 4.69) is 10.5 Å². The predicted octanol–water partition coefficient (Wildman–Crippen LogP) is 0.452. The van der Waals surface area contributed by atoms with Crippen molar-refractivity contribution in [3.63, 3.8) is 0 Å². The molecule has 1 aromatic heterocycles. The summed E-state index contributed by atoms with van der Waals surface area (Å²) >= 11 is 0. The third kappa shape index (κ3) is 1.63. The first-order chi connectivity index (χ1) is 6.79. The molecule has 0 aliphatic carbocycles. The summed E-state index contributed by atoms with van der Waals surface area (Å²) in [5, 5.41) is 15.9. The minimum Gasteiger partial charge on any atom is -0.481 e. The molecule has 0 radical (unpaired) electrons. The molecule has 1 fully saturated rings. The molecule has 0 aromatic carbocycles. The van der Waals surface area contributed by atoms with Crippen molar-refractivity contribution in [1.82, 2.24) is 10.5 Å². The van der Waals surface area contributed by atoms with Crippen LogP contribution in [-0.2, 0) is 4.79 Å². The monoisotopic (exact) mass is 196 g/mol. The SMILES string of the molecule is O=C(O)C1CNCCC1c1ccon1. The molecule has 0 amide bonds. The van der Waals surface area contributed by atoms with Crippen molar-refractivity contribution in [2.24, 2.45) is 5.92 Å². The van der Waals surface area contributed by atoms with Crippen LogP contribution >= 0.6 is 0 Å². The van der Waals surface area contributed by atoms with Crippen LogP contribution in [0.1, 0.15) is 18.0 Å². The number of nitrogens with zero attached hydrogens (tertiary/aromatic N) is 1. The summed E-state index contributed by atoms with van der Waals surface area (Å²) in [5.41, 5.74) is 0.749. The lowest BCUT2D eigenvalue weighted by Gasteiger charge is -2.27. The molecule has 5 nitrogen and oxygen atoms in total. The van der Waals surface area contributed by atoms with Crippen LogP contribution in [0.15, 0.2) is 16.9 Å². The van der Waals surface area contributed by atoms with Crippen LogP contribution in [0.25, 0.3) is 0 Å². The Morgan fingerprint density at radius 1 is 1.71 bits per heavy atom. The molecule has 2 heterocycles. The lowest BCUT2D eigenvalue weighted by Crippen LogP contribution is -2.39. The summed E-state index contributed by atoms with van der Waals surface area (Å²) in [4.78, 5) is 11.0. The van der Waals surface area contributed by atoms with E-state index in [1.807, 2.05) is 0 Å². The topological polar surface area (TPSA) is 75.4 Å². The zero-order valence-corrected chi connectivity index (χ0v) is 7.64. The van der Waals surface area contributed by atoms with Crippen LogP contribution in [0.5, 0.6) is 0 Å². The normalized spacial score (nSPS) is 27.4. The van der Waals surface area contributed by atoms with Gasteiger partial charge in [-0.3, -0.25) is 4.79 Å². The standard InChI is InChI=1S/C9H12N2O3/c12-9(13)7-5-10-3-1-6(7)8-2-4-14-11-8/h2,4,6-7,10H,1,3,5H2,(H,12,13). The van der Waals surface area contributed by atoms with E-state index < -0.39 is 11.9 Å². The van der Waals surface area contributed by atoms with E-state index in [0.29, 0.717) is 6.54 Å². The average molecular weight is 196 g/mol. The molecule has 0 saturated carbocycles. The lowest BCUT2D eigenvalue weighted by atomic mass is 9.84. The molecule has 0 spiro atoms. The summed E-state index contributed by atoms with van der Waals surface area (Å²) < 4.78 is 4.73. The quantitative estimate of drug-likeness (QED) is 0.718. The summed E-state index contributed by atoms with van der Waals surface area (Å²) in [6.07, 6.45) is 2.28. The largest absolute Gasteiger partial charge is 0.481 e. The number of piperidine rings is 1. The highest BCUT2D eigenvalue weighted by atomic mass is 16.5. The first kappa shape index (κ1) is 9.21. The van der Waals surface area contributed by atoms with E-state index in [1.54, 1.807) is 6.07 Å². The van der Waals surface area contributed by atoms with Gasteiger partial charge < -0.3 is 14.9 Å². The van der Waals surface area contributed by atoms with Crippen molar-refractivity contribution < 1.29 is 14.4 Å². The van der Waals surface area contributed by atoms with Gasteiger partial charge in [0.25, 0.3) is 0 Å². The van der Waals surface area contributed by atoms with E-state index >= 15 is 0 Å². The first-order valence-corrected chi connectivity index (χ1v) is 4.63. The molecule has 2 N–H and O–H groups in total. The van der Waals surface area contributed by atoms with Gasteiger partial charge in [-0.15, -0.1) is 0 Å². The molecule has 1 aliphatic heterocycles. The molecule has 0 bridgehead atoms. The van der Waals surface area contributed by atoms with Crippen molar-refractivity contribution >= 4 is 5.97 Å². The molecule has 2 unspecified atom stereocenters. The summed E-state index contributed by atoms with van der Waals surface area (Å²) in [5.74, 6) is -1.19. The molecule has 5 heteroatoms. The number of aliphatic carboxylic acids is 1. The predicted molar refractivity (Wildman–Crippen MR) is 47.9 cm³/mol. The van der Waals surface area contributed by atoms with Gasteiger partial charge in [0.2, 0.25) is 0 Å². The zero-order chi connectivity index (χ0) is 9.97. The third-order valence-corrected chi connectivity index (χ3v) is 2.64. The van der Waals surface area contributed by atoms with Crippen molar-refractivity contribution in [3.05, 3.63) is 18.0 Å². The highest BCUT2D eigenvalue weighted by Crippen LogP contribution is 2.29. The van der Waals surface area contributed by atoms with E-state index in [0.717, 1.165) is 18.7 Å². The summed E-state index contributed by atoms with van der Waals surface area (Å²) in [7, 11) is 0. The third-order valence-electron chi connectivity index (χ3n) is 2.64. The van der Waals surface area contributed by atoms with E-state index in [1.165, 1.54) is 6.26 Å². The first-order valence-electron chi connectivity index (χ1n) is 4.63. The van der Waals surface area contributed by atoms with Crippen LogP contribution in [0.3, 0.4) is 0 Å². The Balaban J connectivity index is 2.18. The highest BCUT2D eigenvalue weighted by molar-refractivity contribution is 5.71. The maximum Gasteiger partial charge on any atom is 0.308 e. The van der Waals surface area contributed by atoms with E-state index in [4.69, 9.17) is 9.63 Å². The van der Waals surface area contributed by atoms with Gasteiger partial charge in [0, 0.05) is 18.5 Å². The molecular weight excluding hydrogens is 184 g/mol. The lowest BCUT2D eigenvalue weighted by molar-refractivity contribution is -0.143. The number of hydrogen-bond acceptors (Lipinski definition) is 4. The van der Waals surface area contributed by atoms with Gasteiger partial charge in [-0.2, -0.15) is 0 Å². The van der Waals surface area contributed by atoms with Gasteiger partial charge in [-0.1, -0.05) is 5.16 Å². The summed E-state index contributed by atoms with van der Waals surface area (Å²) in [6, 6.07) is 1.74. The number of hydrogen-bond donors (Lipinski definition) is 2. The van der Waals surface area contributed by atoms with Crippen LogP contribution in [0.4, 0.5) is 0 Å². The van der Waals surface area contributed by atoms with Crippen molar-refractivity contribution in [2.75, 3.05) is 13.1 Å². The number of carboxylic acids is 1. The van der Waals surface area contributed by atoms with Gasteiger partial charge in [-0.25, -0.2) is 0 Å². The van der Waals surface area contributed by atoms with Gasteiger partial charge in [0.15, 0.2) is 0 Å². The van der Waals surface area contributed by atoms with E-state index in [-0.39, 0.29) is 5.92 Å². The highest BCUT2D eigenvalue weighted by Gasteiger charge is 2.33. The van der Waals surface area contributed by atoms with Gasteiger partial charge in [0.05, 0.1) is 11.6 Å². The minimum atomic E-state index is -0.773. The Bertz CT molecular complexity index is 310. The number of rotatable bonds is 2. The van der Waals surface area contributed by atoms with Gasteiger partial charge in [-0.05, 0) is 13.0 Å². The molecule has 2 rings (SSSR count). The zero-order valence-electron chi connectivity index (χ0n) is 7.64. The fourth-order valence-corrected chi connectivity index (χ4v) is 1.89. The Labute approximate surface area is 81.1 Å². The molecule has 76 valence electrons. The Hall–Kier alpha value is -1.36. The van der Waals surface area contributed by atoms with E-state index in [9.17, 15) is 4.79 Å². The second-order valence-electron chi connectivity index (χ2n) is 3.47. The smallest absolute Gasteiger partial charge is 0.308 e. The van der Waals surface area contributed by atoms with Gasteiger partial charge in [0.1, 0.15) is 6.26 Å². The molecule has 14 heavy (non-hydrogen) atoms. The van der Waals surface area contributed by atoms with Crippen LogP contribution in [0, 0.1) is 5.92 Å². The van der Waals surface area contributed by atoms with Crippen molar-refractivity contribution in [2.45, 2.75) is 12.3 Å². The Morgan fingerprint density at radius 2 is 2.57 bits per heavy atom. The number of carbonyl (C=O) groups is 1. The minimum absolute atomic E-state index is 0.0208. The van der Waals surface area contributed by atoms with Gasteiger partial charge >= 0.3 is 5.97 Å². The fraction of sp³-hybridized carbons (Fsp3) is 0.556. The molecule has 1 aromatic rings.